The molecule has 1 heterocycles. The molecule has 176 valence electrons. The summed E-state index contributed by atoms with van der Waals surface area (Å²) in [5.41, 5.74) is 2.45. The van der Waals surface area contributed by atoms with Crippen molar-refractivity contribution in [3.63, 3.8) is 0 Å². The Hall–Kier alpha value is -3.84. The molecule has 1 aliphatic rings. The fourth-order valence-electron chi connectivity index (χ4n) is 4.46. The molecule has 3 aromatic rings. The van der Waals surface area contributed by atoms with E-state index in [1.807, 2.05) is 79.7 Å². The Balaban J connectivity index is 1.65. The molecule has 0 saturated heterocycles. The van der Waals surface area contributed by atoms with Gasteiger partial charge in [-0.15, -0.1) is 0 Å². The second-order valence-corrected chi connectivity index (χ2v) is 8.30. The third-order valence-electron chi connectivity index (χ3n) is 6.12. The maximum absolute atomic E-state index is 12.7. The third kappa shape index (κ3) is 4.47. The smallest absolute Gasteiger partial charge is 0.251 e. The van der Waals surface area contributed by atoms with Crippen LogP contribution in [0.2, 0.25) is 0 Å². The minimum atomic E-state index is -1.33. The van der Waals surface area contributed by atoms with E-state index in [-0.39, 0.29) is 11.8 Å². The Morgan fingerprint density at radius 2 is 1.53 bits per heavy atom. The highest BCUT2D eigenvalue weighted by Gasteiger charge is 2.47. The van der Waals surface area contributed by atoms with Crippen molar-refractivity contribution in [3.05, 3.63) is 95.6 Å². The van der Waals surface area contributed by atoms with E-state index in [1.54, 1.807) is 6.07 Å². The van der Waals surface area contributed by atoms with Crippen LogP contribution in [0, 0.1) is 0 Å². The van der Waals surface area contributed by atoms with Crippen molar-refractivity contribution in [2.75, 3.05) is 29.9 Å². The average Bonchev–Trinajstić information content (AvgIpc) is 3.25. The molecule has 0 saturated carbocycles. The standard InChI is InChI=1S/C27H30N4O3/c1-3-31-24-18-20(25(33)29-17-16-28-19(2)32)14-15-23(24)30-26(31)27(34,21-10-6-4-7-11-21)22-12-8-5-9-13-22/h4-15,18,26,30,34H,3,16-17H2,1-2H3,(H,28,32)(H,29,33). The molecule has 7 nitrogen and oxygen atoms in total. The van der Waals surface area contributed by atoms with Gasteiger partial charge in [-0.2, -0.15) is 0 Å². The van der Waals surface area contributed by atoms with E-state index >= 15 is 0 Å². The molecule has 2 amide bonds. The maximum Gasteiger partial charge on any atom is 0.251 e. The Bertz CT molecular complexity index is 1110. The Morgan fingerprint density at radius 3 is 2.09 bits per heavy atom. The van der Waals surface area contributed by atoms with Gasteiger partial charge in [-0.05, 0) is 36.2 Å². The van der Waals surface area contributed by atoms with E-state index in [1.165, 1.54) is 6.92 Å². The summed E-state index contributed by atoms with van der Waals surface area (Å²) in [6, 6.07) is 24.7. The van der Waals surface area contributed by atoms with Crippen molar-refractivity contribution < 1.29 is 14.7 Å². The molecule has 0 spiro atoms. The van der Waals surface area contributed by atoms with Crippen LogP contribution in [0.4, 0.5) is 11.4 Å². The molecular formula is C27H30N4O3. The zero-order valence-corrected chi connectivity index (χ0v) is 19.4. The van der Waals surface area contributed by atoms with Gasteiger partial charge in [0.2, 0.25) is 5.91 Å². The van der Waals surface area contributed by atoms with E-state index < -0.39 is 11.8 Å². The summed E-state index contributed by atoms with van der Waals surface area (Å²) >= 11 is 0. The van der Waals surface area contributed by atoms with Gasteiger partial charge in [0.1, 0.15) is 6.17 Å². The molecule has 0 fully saturated rings. The minimum Gasteiger partial charge on any atom is -0.376 e. The number of amides is 2. The first kappa shape index (κ1) is 23.3. The van der Waals surface area contributed by atoms with Crippen LogP contribution in [0.3, 0.4) is 0 Å². The van der Waals surface area contributed by atoms with E-state index in [0.29, 0.717) is 25.2 Å². The average molecular weight is 459 g/mol. The predicted octanol–water partition coefficient (Wildman–Crippen LogP) is 3.07. The molecule has 0 aromatic heterocycles. The molecule has 1 unspecified atom stereocenters. The number of carbonyl (C=O) groups is 2. The Morgan fingerprint density at radius 1 is 0.941 bits per heavy atom. The zero-order valence-electron chi connectivity index (χ0n) is 19.4. The number of hydrogen-bond donors (Lipinski definition) is 4. The summed E-state index contributed by atoms with van der Waals surface area (Å²) in [6.45, 7) is 4.81. The minimum absolute atomic E-state index is 0.133. The van der Waals surface area contributed by atoms with E-state index in [0.717, 1.165) is 22.5 Å². The number of carbonyl (C=O) groups excluding carboxylic acids is 2. The highest BCUT2D eigenvalue weighted by atomic mass is 16.3. The lowest BCUT2D eigenvalue weighted by molar-refractivity contribution is -0.118. The largest absolute Gasteiger partial charge is 0.376 e. The van der Waals surface area contributed by atoms with Gasteiger partial charge in [-0.1, -0.05) is 60.7 Å². The van der Waals surface area contributed by atoms with Gasteiger partial charge in [-0.25, -0.2) is 0 Å². The Kier molecular flexibility index (Phi) is 6.84. The highest BCUT2D eigenvalue weighted by Crippen LogP contribution is 2.44. The van der Waals surface area contributed by atoms with Crippen molar-refractivity contribution in [2.45, 2.75) is 25.6 Å². The van der Waals surface area contributed by atoms with E-state index in [9.17, 15) is 14.7 Å². The highest BCUT2D eigenvalue weighted by molar-refractivity contribution is 5.97. The van der Waals surface area contributed by atoms with Gasteiger partial charge in [0.05, 0.1) is 11.4 Å². The fraction of sp³-hybridized carbons (Fsp3) is 0.259. The van der Waals surface area contributed by atoms with Gasteiger partial charge in [0, 0.05) is 32.1 Å². The predicted molar refractivity (Wildman–Crippen MR) is 134 cm³/mol. The van der Waals surface area contributed by atoms with Gasteiger partial charge >= 0.3 is 0 Å². The van der Waals surface area contributed by atoms with Crippen LogP contribution in [-0.2, 0) is 10.4 Å². The Labute approximate surface area is 199 Å². The zero-order chi connectivity index (χ0) is 24.1. The molecule has 0 aliphatic carbocycles. The van der Waals surface area contributed by atoms with Crippen LogP contribution in [0.15, 0.2) is 78.9 Å². The summed E-state index contributed by atoms with van der Waals surface area (Å²) in [7, 11) is 0. The molecule has 3 aromatic carbocycles. The lowest BCUT2D eigenvalue weighted by Gasteiger charge is -2.40. The monoisotopic (exact) mass is 458 g/mol. The van der Waals surface area contributed by atoms with Crippen LogP contribution in [0.1, 0.15) is 35.3 Å². The second kappa shape index (κ2) is 9.97. The number of benzene rings is 3. The first-order valence-corrected chi connectivity index (χ1v) is 11.5. The van der Waals surface area contributed by atoms with E-state index in [4.69, 9.17) is 0 Å². The quantitative estimate of drug-likeness (QED) is 0.389. The van der Waals surface area contributed by atoms with Crippen LogP contribution >= 0.6 is 0 Å². The van der Waals surface area contributed by atoms with Crippen molar-refractivity contribution in [3.8, 4) is 0 Å². The summed E-state index contributed by atoms with van der Waals surface area (Å²) < 4.78 is 0. The topological polar surface area (TPSA) is 93.7 Å². The van der Waals surface area contributed by atoms with Crippen molar-refractivity contribution in [1.29, 1.82) is 0 Å². The molecule has 1 atom stereocenters. The molecular weight excluding hydrogens is 428 g/mol. The van der Waals surface area contributed by atoms with Gasteiger partial charge < -0.3 is 26.0 Å². The number of fused-ring (bicyclic) bond motifs is 1. The van der Waals surface area contributed by atoms with Gasteiger partial charge in [-0.3, -0.25) is 9.59 Å². The molecule has 0 bridgehead atoms. The molecule has 4 N–H and O–H groups in total. The van der Waals surface area contributed by atoms with Crippen molar-refractivity contribution in [2.24, 2.45) is 0 Å². The fourth-order valence-corrected chi connectivity index (χ4v) is 4.46. The number of aliphatic hydroxyl groups is 1. The number of anilines is 2. The summed E-state index contributed by atoms with van der Waals surface area (Å²) in [5.74, 6) is -0.346. The first-order chi connectivity index (χ1) is 16.4. The van der Waals surface area contributed by atoms with Crippen molar-refractivity contribution in [1.82, 2.24) is 10.6 Å². The molecule has 7 heteroatoms. The normalized spacial score (nSPS) is 14.8. The molecule has 4 rings (SSSR count). The van der Waals surface area contributed by atoms with E-state index in [2.05, 4.69) is 20.9 Å². The number of hydrogen-bond acceptors (Lipinski definition) is 5. The van der Waals surface area contributed by atoms with Gasteiger partial charge in [0.15, 0.2) is 5.60 Å². The summed E-state index contributed by atoms with van der Waals surface area (Å²) in [5, 5.41) is 21.3. The second-order valence-electron chi connectivity index (χ2n) is 8.30. The van der Waals surface area contributed by atoms with Gasteiger partial charge in [0.25, 0.3) is 5.91 Å². The van der Waals surface area contributed by atoms with Crippen molar-refractivity contribution >= 4 is 23.2 Å². The lowest BCUT2D eigenvalue weighted by Crippen LogP contribution is -2.53. The first-order valence-electron chi connectivity index (χ1n) is 11.5. The number of likely N-dealkylation sites (N-methyl/N-ethyl adjacent to an activating group) is 1. The number of nitrogens with one attached hydrogen (secondary N) is 3. The SMILES string of the molecule is CCN1c2cc(C(=O)NCCNC(C)=O)ccc2NC1C(O)(c1ccccc1)c1ccccc1. The molecule has 1 aliphatic heterocycles. The number of nitrogens with zero attached hydrogens (tertiary/aromatic N) is 1. The number of rotatable bonds is 8. The van der Waals surface area contributed by atoms with Crippen LogP contribution in [-0.4, -0.2) is 42.7 Å². The maximum atomic E-state index is 12.7. The lowest BCUT2D eigenvalue weighted by atomic mass is 9.83. The van der Waals surface area contributed by atoms with Crippen LogP contribution in [0.5, 0.6) is 0 Å². The summed E-state index contributed by atoms with van der Waals surface area (Å²) in [6.07, 6.45) is -0.477. The molecule has 34 heavy (non-hydrogen) atoms. The summed E-state index contributed by atoms with van der Waals surface area (Å²) in [4.78, 5) is 25.8. The van der Waals surface area contributed by atoms with Crippen LogP contribution < -0.4 is 20.9 Å². The molecule has 0 radical (unpaired) electrons. The van der Waals surface area contributed by atoms with Crippen LogP contribution in [0.25, 0.3) is 0 Å². The third-order valence-corrected chi connectivity index (χ3v) is 6.12.